The third kappa shape index (κ3) is 1.70. The average molecular weight is 267 g/mol. The summed E-state index contributed by atoms with van der Waals surface area (Å²) in [7, 11) is 0. The van der Waals surface area contributed by atoms with Gasteiger partial charge in [0.25, 0.3) is 5.69 Å². The fraction of sp³-hybridized carbons (Fsp3) is 0.100. The van der Waals surface area contributed by atoms with Crippen molar-refractivity contribution < 1.29 is 4.92 Å². The highest BCUT2D eigenvalue weighted by molar-refractivity contribution is 9.10. The van der Waals surface area contributed by atoms with E-state index in [4.69, 9.17) is 0 Å². The first kappa shape index (κ1) is 10.0. The minimum atomic E-state index is -0.382. The third-order valence-electron chi connectivity index (χ3n) is 2.22. The van der Waals surface area contributed by atoms with E-state index in [0.29, 0.717) is 9.86 Å². The molecule has 0 aliphatic carbocycles. The number of rotatable bonds is 1. The van der Waals surface area contributed by atoms with Gasteiger partial charge in [-0.1, -0.05) is 15.9 Å². The number of nitrogens with zero attached hydrogens (tertiary/aromatic N) is 2. The lowest BCUT2D eigenvalue weighted by Gasteiger charge is -2.02. The van der Waals surface area contributed by atoms with Gasteiger partial charge in [-0.2, -0.15) is 0 Å². The topological polar surface area (TPSA) is 56.0 Å². The number of halogens is 1. The molecule has 0 radical (unpaired) electrons. The van der Waals surface area contributed by atoms with Crippen LogP contribution in [-0.2, 0) is 0 Å². The van der Waals surface area contributed by atoms with Crippen LogP contribution >= 0.6 is 15.9 Å². The maximum absolute atomic E-state index is 10.8. The minimum Gasteiger partial charge on any atom is -0.261 e. The highest BCUT2D eigenvalue weighted by Crippen LogP contribution is 2.30. The summed E-state index contributed by atoms with van der Waals surface area (Å²) in [6.45, 7) is 1.83. The molecule has 15 heavy (non-hydrogen) atoms. The molecular weight excluding hydrogens is 260 g/mol. The molecule has 0 saturated heterocycles. The van der Waals surface area contributed by atoms with Gasteiger partial charge in [0.1, 0.15) is 0 Å². The van der Waals surface area contributed by atoms with E-state index < -0.39 is 0 Å². The van der Waals surface area contributed by atoms with Gasteiger partial charge < -0.3 is 0 Å². The number of aryl methyl sites for hydroxylation is 1. The van der Waals surface area contributed by atoms with Crippen LogP contribution in [0.5, 0.6) is 0 Å². The number of hydrogen-bond donors (Lipinski definition) is 0. The first-order chi connectivity index (χ1) is 7.09. The molecule has 1 heterocycles. The van der Waals surface area contributed by atoms with Crippen LogP contribution in [0.25, 0.3) is 10.8 Å². The number of benzene rings is 1. The van der Waals surface area contributed by atoms with E-state index in [0.717, 1.165) is 11.1 Å². The molecule has 1 aromatic heterocycles. The van der Waals surface area contributed by atoms with Crippen LogP contribution in [0.3, 0.4) is 0 Å². The van der Waals surface area contributed by atoms with Crippen molar-refractivity contribution in [2.75, 3.05) is 0 Å². The van der Waals surface area contributed by atoms with Gasteiger partial charge in [-0.25, -0.2) is 0 Å². The van der Waals surface area contributed by atoms with Gasteiger partial charge in [-0.3, -0.25) is 15.1 Å². The highest BCUT2D eigenvalue weighted by atomic mass is 79.9. The van der Waals surface area contributed by atoms with Crippen molar-refractivity contribution in [2.24, 2.45) is 0 Å². The molecule has 0 amide bonds. The number of nitro benzene ring substituents is 1. The van der Waals surface area contributed by atoms with Gasteiger partial charge in [0.2, 0.25) is 0 Å². The van der Waals surface area contributed by atoms with Gasteiger partial charge in [0, 0.05) is 27.8 Å². The summed E-state index contributed by atoms with van der Waals surface area (Å²) in [4.78, 5) is 14.6. The van der Waals surface area contributed by atoms with Crippen LogP contribution in [0.1, 0.15) is 5.69 Å². The fourth-order valence-electron chi connectivity index (χ4n) is 1.52. The van der Waals surface area contributed by atoms with Crippen molar-refractivity contribution in [1.29, 1.82) is 0 Å². The van der Waals surface area contributed by atoms with E-state index in [1.54, 1.807) is 12.3 Å². The van der Waals surface area contributed by atoms with Crippen LogP contribution in [-0.4, -0.2) is 9.91 Å². The molecule has 0 aliphatic rings. The number of hydrogen-bond acceptors (Lipinski definition) is 3. The zero-order valence-electron chi connectivity index (χ0n) is 7.90. The Kier molecular flexibility index (Phi) is 2.40. The van der Waals surface area contributed by atoms with E-state index in [-0.39, 0.29) is 10.6 Å². The summed E-state index contributed by atoms with van der Waals surface area (Å²) in [5.74, 6) is 0. The van der Waals surface area contributed by atoms with Crippen LogP contribution < -0.4 is 0 Å². The molecule has 0 N–H and O–H groups in total. The molecule has 0 spiro atoms. The lowest BCUT2D eigenvalue weighted by atomic mass is 10.1. The van der Waals surface area contributed by atoms with Gasteiger partial charge in [-0.15, -0.1) is 0 Å². The Labute approximate surface area is 94.2 Å². The molecule has 0 bridgehead atoms. The van der Waals surface area contributed by atoms with Crippen LogP contribution in [0.4, 0.5) is 5.69 Å². The van der Waals surface area contributed by atoms with Crippen molar-refractivity contribution in [2.45, 2.75) is 6.92 Å². The van der Waals surface area contributed by atoms with E-state index in [1.807, 2.05) is 13.0 Å². The summed E-state index contributed by atoms with van der Waals surface area (Å²) in [5.41, 5.74) is 0.891. The predicted octanol–water partition coefficient (Wildman–Crippen LogP) is 3.21. The van der Waals surface area contributed by atoms with E-state index in [9.17, 15) is 10.1 Å². The SMILES string of the molecule is Cc1nccc2c([N+](=O)[O-])cc(Br)cc12. The Morgan fingerprint density at radius 1 is 1.40 bits per heavy atom. The molecule has 5 heteroatoms. The van der Waals surface area contributed by atoms with Crippen molar-refractivity contribution >= 4 is 32.4 Å². The third-order valence-corrected chi connectivity index (χ3v) is 2.68. The first-order valence-electron chi connectivity index (χ1n) is 4.29. The van der Waals surface area contributed by atoms with Crippen molar-refractivity contribution in [3.63, 3.8) is 0 Å². The molecule has 0 atom stereocenters. The van der Waals surface area contributed by atoms with Crippen LogP contribution in [0, 0.1) is 17.0 Å². The molecule has 2 rings (SSSR count). The molecule has 0 fully saturated rings. The highest BCUT2D eigenvalue weighted by Gasteiger charge is 2.14. The van der Waals surface area contributed by atoms with Gasteiger partial charge >= 0.3 is 0 Å². The van der Waals surface area contributed by atoms with Gasteiger partial charge in [-0.05, 0) is 19.1 Å². The lowest BCUT2D eigenvalue weighted by molar-refractivity contribution is -0.383. The van der Waals surface area contributed by atoms with E-state index in [2.05, 4.69) is 20.9 Å². The maximum Gasteiger partial charge on any atom is 0.278 e. The Bertz CT molecular complexity index is 554. The molecule has 76 valence electrons. The van der Waals surface area contributed by atoms with Gasteiger partial charge in [0.05, 0.1) is 10.3 Å². The molecule has 0 unspecified atom stereocenters. The first-order valence-corrected chi connectivity index (χ1v) is 5.08. The monoisotopic (exact) mass is 266 g/mol. The Morgan fingerprint density at radius 2 is 2.13 bits per heavy atom. The second kappa shape index (κ2) is 3.58. The normalized spacial score (nSPS) is 10.5. The zero-order valence-corrected chi connectivity index (χ0v) is 9.48. The van der Waals surface area contributed by atoms with Crippen molar-refractivity contribution in [3.8, 4) is 0 Å². The Hall–Kier alpha value is -1.49. The van der Waals surface area contributed by atoms with E-state index in [1.165, 1.54) is 6.07 Å². The number of aromatic nitrogens is 1. The summed E-state index contributed by atoms with van der Waals surface area (Å²) >= 11 is 3.25. The lowest BCUT2D eigenvalue weighted by Crippen LogP contribution is -1.92. The standard InChI is InChI=1S/C10H7BrN2O2/c1-6-9-4-7(11)5-10(13(14)15)8(9)2-3-12-6/h2-5H,1H3. The summed E-state index contributed by atoms with van der Waals surface area (Å²) in [6.07, 6.45) is 1.58. The summed E-state index contributed by atoms with van der Waals surface area (Å²) < 4.78 is 0.692. The summed E-state index contributed by atoms with van der Waals surface area (Å²) in [6, 6.07) is 5.00. The fourth-order valence-corrected chi connectivity index (χ4v) is 1.97. The second-order valence-corrected chi connectivity index (χ2v) is 4.09. The molecule has 0 saturated carbocycles. The number of pyridine rings is 1. The van der Waals surface area contributed by atoms with Crippen LogP contribution in [0.2, 0.25) is 0 Å². The van der Waals surface area contributed by atoms with Crippen molar-refractivity contribution in [3.05, 3.63) is 44.7 Å². The van der Waals surface area contributed by atoms with E-state index >= 15 is 0 Å². The Balaban J connectivity index is 2.92. The summed E-state index contributed by atoms with van der Waals surface area (Å²) in [5, 5.41) is 12.3. The number of fused-ring (bicyclic) bond motifs is 1. The molecule has 4 nitrogen and oxygen atoms in total. The number of non-ortho nitro benzene ring substituents is 1. The largest absolute Gasteiger partial charge is 0.278 e. The molecule has 1 aromatic carbocycles. The zero-order chi connectivity index (χ0) is 11.0. The smallest absolute Gasteiger partial charge is 0.261 e. The number of nitro groups is 1. The Morgan fingerprint density at radius 3 is 2.80 bits per heavy atom. The average Bonchev–Trinajstić information content (AvgIpc) is 2.18. The molecule has 0 aliphatic heterocycles. The second-order valence-electron chi connectivity index (χ2n) is 3.17. The van der Waals surface area contributed by atoms with Crippen molar-refractivity contribution in [1.82, 2.24) is 4.98 Å². The quantitative estimate of drug-likeness (QED) is 0.588. The van der Waals surface area contributed by atoms with Crippen LogP contribution in [0.15, 0.2) is 28.9 Å². The molecule has 2 aromatic rings. The van der Waals surface area contributed by atoms with Gasteiger partial charge in [0.15, 0.2) is 0 Å². The molecular formula is C10H7BrN2O2. The maximum atomic E-state index is 10.8. The minimum absolute atomic E-state index is 0.102. The predicted molar refractivity (Wildman–Crippen MR) is 60.8 cm³/mol.